The van der Waals surface area contributed by atoms with Gasteiger partial charge in [-0.2, -0.15) is 0 Å². The normalized spacial score (nSPS) is 12.7. The van der Waals surface area contributed by atoms with Crippen molar-refractivity contribution in [2.75, 3.05) is 13.1 Å². The number of rotatable bonds is 9. The first-order valence-corrected chi connectivity index (χ1v) is 5.82. The number of aldehydes is 1. The van der Waals surface area contributed by atoms with Crippen LogP contribution in [-0.2, 0) is 9.59 Å². The largest absolute Gasteiger partial charge is 0.312 e. The highest BCUT2D eigenvalue weighted by atomic mass is 16.1. The Labute approximate surface area is 93.6 Å². The van der Waals surface area contributed by atoms with Crippen molar-refractivity contribution in [3.05, 3.63) is 0 Å². The lowest BCUT2D eigenvalue weighted by Crippen LogP contribution is -2.38. The van der Waals surface area contributed by atoms with Crippen molar-refractivity contribution < 1.29 is 9.59 Å². The maximum absolute atomic E-state index is 11.1. The number of carbonyl (C=O) groups is 2. The van der Waals surface area contributed by atoms with Gasteiger partial charge in [-0.1, -0.05) is 13.8 Å². The van der Waals surface area contributed by atoms with E-state index < -0.39 is 0 Å². The minimum absolute atomic E-state index is 0.111. The molecule has 0 saturated carbocycles. The van der Waals surface area contributed by atoms with Crippen molar-refractivity contribution in [2.24, 2.45) is 0 Å². The Morgan fingerprint density at radius 1 is 1.33 bits per heavy atom. The molecule has 15 heavy (non-hydrogen) atoms. The van der Waals surface area contributed by atoms with Gasteiger partial charge in [0.1, 0.15) is 6.29 Å². The highest BCUT2D eigenvalue weighted by molar-refractivity contribution is 6.57. The van der Waals surface area contributed by atoms with Gasteiger partial charge in [0.2, 0.25) is 0 Å². The van der Waals surface area contributed by atoms with E-state index in [1.54, 1.807) is 7.85 Å². The summed E-state index contributed by atoms with van der Waals surface area (Å²) in [5.41, 5.74) is 0.166. The molecule has 0 saturated heterocycles. The predicted molar refractivity (Wildman–Crippen MR) is 64.8 cm³/mol. The molecule has 0 bridgehead atoms. The van der Waals surface area contributed by atoms with Gasteiger partial charge < -0.3 is 9.59 Å². The topological polar surface area (TPSA) is 37.4 Å². The summed E-state index contributed by atoms with van der Waals surface area (Å²) in [6.45, 7) is 6.18. The quantitative estimate of drug-likeness (QED) is 0.414. The molecule has 0 aliphatic heterocycles. The summed E-state index contributed by atoms with van der Waals surface area (Å²) in [6, 6.07) is 0.111. The fourth-order valence-electron chi connectivity index (χ4n) is 1.86. The Bertz CT molecular complexity index is 191. The average Bonchev–Trinajstić information content (AvgIpc) is 2.16. The van der Waals surface area contributed by atoms with E-state index in [0.29, 0.717) is 12.8 Å². The van der Waals surface area contributed by atoms with E-state index in [4.69, 9.17) is 0 Å². The number of nitrogens with zero attached hydrogens (tertiary/aromatic N) is 1. The van der Waals surface area contributed by atoms with Crippen molar-refractivity contribution in [1.29, 1.82) is 0 Å². The Kier molecular flexibility index (Phi) is 8.29. The fourth-order valence-corrected chi connectivity index (χ4v) is 1.86. The zero-order valence-electron chi connectivity index (χ0n) is 10.2. The van der Waals surface area contributed by atoms with E-state index in [9.17, 15) is 9.59 Å². The van der Waals surface area contributed by atoms with E-state index in [1.165, 1.54) is 0 Å². The molecule has 4 heteroatoms. The second-order valence-electron chi connectivity index (χ2n) is 4.00. The van der Waals surface area contributed by atoms with Gasteiger partial charge >= 0.3 is 0 Å². The minimum atomic E-state index is 0.111. The smallest absolute Gasteiger partial charge is 0.187 e. The molecule has 0 aliphatic rings. The van der Waals surface area contributed by atoms with Crippen molar-refractivity contribution in [3.8, 4) is 0 Å². The van der Waals surface area contributed by atoms with E-state index >= 15 is 0 Å². The van der Waals surface area contributed by atoms with Gasteiger partial charge in [-0.15, -0.1) is 0 Å². The van der Waals surface area contributed by atoms with Crippen molar-refractivity contribution >= 4 is 19.8 Å². The summed E-state index contributed by atoms with van der Waals surface area (Å²) in [7, 11) is 1.59. The SMILES string of the molecule is BC(=O)CC(CC=O)N(CCC)CCC. The molecule has 0 N–H and O–H groups in total. The Hall–Kier alpha value is -0.635. The molecule has 0 radical (unpaired) electrons. The van der Waals surface area contributed by atoms with Crippen molar-refractivity contribution in [1.82, 2.24) is 4.90 Å². The monoisotopic (exact) mass is 211 g/mol. The van der Waals surface area contributed by atoms with E-state index in [-0.39, 0.29) is 11.7 Å². The van der Waals surface area contributed by atoms with Gasteiger partial charge in [0, 0.05) is 18.9 Å². The molecule has 0 amide bonds. The van der Waals surface area contributed by atoms with Crippen LogP contribution in [0.2, 0.25) is 0 Å². The molecule has 0 fully saturated rings. The lowest BCUT2D eigenvalue weighted by Gasteiger charge is -2.29. The van der Waals surface area contributed by atoms with Crippen molar-refractivity contribution in [3.63, 3.8) is 0 Å². The molecule has 86 valence electrons. The number of hydrogen-bond acceptors (Lipinski definition) is 3. The van der Waals surface area contributed by atoms with E-state index in [1.807, 2.05) is 0 Å². The second-order valence-corrected chi connectivity index (χ2v) is 4.00. The third-order valence-corrected chi connectivity index (χ3v) is 2.43. The van der Waals surface area contributed by atoms with Crippen LogP contribution in [0.15, 0.2) is 0 Å². The zero-order chi connectivity index (χ0) is 11.7. The van der Waals surface area contributed by atoms with Crippen LogP contribution in [0.1, 0.15) is 39.5 Å². The summed E-state index contributed by atoms with van der Waals surface area (Å²) in [4.78, 5) is 23.9. The van der Waals surface area contributed by atoms with Gasteiger partial charge in [-0.25, -0.2) is 0 Å². The lowest BCUT2D eigenvalue weighted by atomic mass is 9.93. The molecule has 0 aliphatic carbocycles. The van der Waals surface area contributed by atoms with Crippen molar-refractivity contribution in [2.45, 2.75) is 45.6 Å². The minimum Gasteiger partial charge on any atom is -0.312 e. The molecule has 3 nitrogen and oxygen atoms in total. The molecular weight excluding hydrogens is 189 g/mol. The molecule has 0 heterocycles. The van der Waals surface area contributed by atoms with Crippen LogP contribution < -0.4 is 0 Å². The van der Waals surface area contributed by atoms with Crippen LogP contribution in [0.5, 0.6) is 0 Å². The summed E-state index contributed by atoms with van der Waals surface area (Å²) >= 11 is 0. The molecular formula is C11H22BNO2. The Morgan fingerprint density at radius 3 is 2.20 bits per heavy atom. The summed E-state index contributed by atoms with van der Waals surface area (Å²) < 4.78 is 0. The van der Waals surface area contributed by atoms with Crippen LogP contribution in [0.25, 0.3) is 0 Å². The van der Waals surface area contributed by atoms with Crippen LogP contribution >= 0.6 is 0 Å². The molecule has 1 unspecified atom stereocenters. The molecule has 0 aromatic carbocycles. The third-order valence-electron chi connectivity index (χ3n) is 2.43. The third kappa shape index (κ3) is 6.45. The predicted octanol–water partition coefficient (Wildman–Crippen LogP) is 0.616. The standard InChI is InChI=1S/C11H22BNO2/c1-3-6-13(7-4-2)10(5-8-14)9-11(12)15/h8,10H,3-7,9,12H2,1-2H3. The van der Waals surface area contributed by atoms with E-state index in [2.05, 4.69) is 18.7 Å². The summed E-state index contributed by atoms with van der Waals surface area (Å²) in [5.74, 6) is 0. The maximum atomic E-state index is 11.1. The highest BCUT2D eigenvalue weighted by Crippen LogP contribution is 2.09. The second kappa shape index (κ2) is 8.66. The maximum Gasteiger partial charge on any atom is 0.187 e. The first-order valence-electron chi connectivity index (χ1n) is 5.82. The summed E-state index contributed by atoms with van der Waals surface area (Å²) in [5, 5.41) is 0. The molecule has 0 spiro atoms. The van der Waals surface area contributed by atoms with Gasteiger partial charge in [0.25, 0.3) is 0 Å². The zero-order valence-corrected chi connectivity index (χ0v) is 10.2. The van der Waals surface area contributed by atoms with E-state index in [0.717, 1.165) is 32.2 Å². The highest BCUT2D eigenvalue weighted by Gasteiger charge is 2.17. The average molecular weight is 211 g/mol. The fraction of sp³-hybridized carbons (Fsp3) is 0.818. The number of hydrogen-bond donors (Lipinski definition) is 0. The van der Waals surface area contributed by atoms with Crippen LogP contribution in [0.3, 0.4) is 0 Å². The van der Waals surface area contributed by atoms with Crippen LogP contribution in [0.4, 0.5) is 0 Å². The van der Waals surface area contributed by atoms with Gasteiger partial charge in [-0.05, 0) is 25.9 Å². The lowest BCUT2D eigenvalue weighted by molar-refractivity contribution is -0.113. The first kappa shape index (κ1) is 14.4. The summed E-state index contributed by atoms with van der Waals surface area (Å²) in [6.07, 6.45) is 4.02. The molecule has 0 aromatic heterocycles. The Morgan fingerprint density at radius 2 is 1.87 bits per heavy atom. The van der Waals surface area contributed by atoms with Gasteiger partial charge in [0.15, 0.2) is 7.85 Å². The van der Waals surface area contributed by atoms with Crippen LogP contribution in [0, 0.1) is 0 Å². The Balaban J connectivity index is 4.34. The van der Waals surface area contributed by atoms with Gasteiger partial charge in [0.05, 0.1) is 5.68 Å². The number of carbonyl (C=O) groups excluding carboxylic acids is 2. The molecule has 1 atom stereocenters. The first-order chi connectivity index (χ1) is 7.15. The molecule has 0 rings (SSSR count). The van der Waals surface area contributed by atoms with Gasteiger partial charge in [-0.3, -0.25) is 4.90 Å². The molecule has 0 aromatic rings. The van der Waals surface area contributed by atoms with Crippen LogP contribution in [-0.4, -0.2) is 43.8 Å².